The molecule has 3 aromatic rings. The second-order valence-corrected chi connectivity index (χ2v) is 8.38. The number of nitrogens with one attached hydrogen (secondary N) is 2. The van der Waals surface area contributed by atoms with E-state index in [2.05, 4.69) is 25.6 Å². The Morgan fingerprint density at radius 2 is 1.67 bits per heavy atom. The molecule has 2 aromatic carbocycles. The van der Waals surface area contributed by atoms with E-state index in [0.29, 0.717) is 31.3 Å². The van der Waals surface area contributed by atoms with Crippen molar-refractivity contribution in [3.05, 3.63) is 64.7 Å². The third kappa shape index (κ3) is 6.02. The van der Waals surface area contributed by atoms with Gasteiger partial charge in [0.1, 0.15) is 0 Å². The van der Waals surface area contributed by atoms with Crippen molar-refractivity contribution in [1.29, 1.82) is 0 Å². The Bertz CT molecular complexity index is 1060. The summed E-state index contributed by atoms with van der Waals surface area (Å²) < 4.78 is 5.17. The third-order valence-corrected chi connectivity index (χ3v) is 5.87. The minimum absolute atomic E-state index is 0.110. The van der Waals surface area contributed by atoms with Gasteiger partial charge in [-0.25, -0.2) is 4.79 Å². The molecule has 0 saturated heterocycles. The molecule has 1 aromatic heterocycles. The Hall–Kier alpha value is -2.95. The lowest BCUT2D eigenvalue weighted by Gasteiger charge is -2.05. The first-order chi connectivity index (χ1) is 14.4. The molecule has 0 aliphatic carbocycles. The molecule has 2 amide bonds. The number of esters is 1. The number of anilines is 2. The number of carbonyl (C=O) groups is 3. The van der Waals surface area contributed by atoms with Crippen LogP contribution in [0.3, 0.4) is 0 Å². The number of carbonyl (C=O) groups excluding carboxylic acids is 3. The molecule has 0 unspecified atom stereocenters. The van der Waals surface area contributed by atoms with Crippen molar-refractivity contribution in [2.75, 3.05) is 23.5 Å². The molecule has 30 heavy (non-hydrogen) atoms. The molecule has 11 heteroatoms. The fourth-order valence-corrected chi connectivity index (χ4v) is 3.89. The summed E-state index contributed by atoms with van der Waals surface area (Å²) in [5, 5.41) is 14.1. The van der Waals surface area contributed by atoms with Crippen LogP contribution < -0.4 is 10.6 Å². The van der Waals surface area contributed by atoms with Gasteiger partial charge >= 0.3 is 5.97 Å². The van der Waals surface area contributed by atoms with Crippen molar-refractivity contribution in [3.63, 3.8) is 0 Å². The first kappa shape index (κ1) is 21.8. The number of thioether (sulfide) groups is 1. The van der Waals surface area contributed by atoms with Crippen molar-refractivity contribution in [2.24, 2.45) is 0 Å². The lowest BCUT2D eigenvalue weighted by molar-refractivity contribution is -0.113. The lowest BCUT2D eigenvalue weighted by Crippen LogP contribution is -2.14. The molecule has 1 heterocycles. The van der Waals surface area contributed by atoms with E-state index >= 15 is 0 Å². The molecule has 0 aliphatic heterocycles. The Kier molecular flexibility index (Phi) is 7.39. The summed E-state index contributed by atoms with van der Waals surface area (Å²) in [6, 6.07) is 12.8. The number of hydrogen-bond donors (Lipinski definition) is 2. The molecule has 0 aliphatic rings. The third-order valence-electron chi connectivity index (χ3n) is 3.65. The van der Waals surface area contributed by atoms with Crippen molar-refractivity contribution in [3.8, 4) is 0 Å². The van der Waals surface area contributed by atoms with Crippen LogP contribution in [0.25, 0.3) is 0 Å². The van der Waals surface area contributed by atoms with Gasteiger partial charge in [-0.1, -0.05) is 34.7 Å². The quantitative estimate of drug-likeness (QED) is 0.310. The Labute approximate surface area is 185 Å². The Balaban J connectivity index is 1.48. The van der Waals surface area contributed by atoms with Gasteiger partial charge in [-0.15, -0.1) is 10.2 Å². The van der Waals surface area contributed by atoms with Crippen LogP contribution in [-0.2, 0) is 9.53 Å². The number of aromatic nitrogens is 2. The van der Waals surface area contributed by atoms with Crippen LogP contribution in [0, 0.1) is 0 Å². The Morgan fingerprint density at radius 1 is 1.00 bits per heavy atom. The van der Waals surface area contributed by atoms with Crippen molar-refractivity contribution >= 4 is 63.3 Å². The maximum Gasteiger partial charge on any atom is 0.337 e. The van der Waals surface area contributed by atoms with E-state index in [-0.39, 0.29) is 17.6 Å². The predicted molar refractivity (Wildman–Crippen MR) is 116 cm³/mol. The second kappa shape index (κ2) is 10.2. The first-order valence-electron chi connectivity index (χ1n) is 8.46. The summed E-state index contributed by atoms with van der Waals surface area (Å²) in [6.07, 6.45) is 0. The van der Waals surface area contributed by atoms with Gasteiger partial charge in [0.25, 0.3) is 5.91 Å². The zero-order valence-electron chi connectivity index (χ0n) is 15.5. The molecule has 0 radical (unpaired) electrons. The molecule has 8 nitrogen and oxygen atoms in total. The minimum atomic E-state index is -0.446. The smallest absolute Gasteiger partial charge is 0.337 e. The Morgan fingerprint density at radius 3 is 2.33 bits per heavy atom. The molecule has 0 atom stereocenters. The number of halogens is 1. The zero-order chi connectivity index (χ0) is 21.5. The molecule has 154 valence electrons. The van der Waals surface area contributed by atoms with E-state index in [9.17, 15) is 14.4 Å². The highest BCUT2D eigenvalue weighted by atomic mass is 35.5. The van der Waals surface area contributed by atoms with E-state index in [1.165, 1.54) is 30.2 Å². The van der Waals surface area contributed by atoms with Crippen LogP contribution in [0.4, 0.5) is 10.8 Å². The largest absolute Gasteiger partial charge is 0.465 e. The van der Waals surface area contributed by atoms with Gasteiger partial charge < -0.3 is 10.1 Å². The molecule has 0 fully saturated rings. The molecular formula is C19H15ClN4O4S2. The second-order valence-electron chi connectivity index (χ2n) is 5.74. The van der Waals surface area contributed by atoms with Gasteiger partial charge in [-0.3, -0.25) is 14.9 Å². The molecular weight excluding hydrogens is 448 g/mol. The number of nitrogens with zero attached hydrogens (tertiary/aromatic N) is 2. The summed E-state index contributed by atoms with van der Waals surface area (Å²) in [4.78, 5) is 35.7. The van der Waals surface area contributed by atoms with Crippen molar-refractivity contribution in [1.82, 2.24) is 10.2 Å². The molecule has 3 rings (SSSR count). The molecule has 2 N–H and O–H groups in total. The van der Waals surface area contributed by atoms with Gasteiger partial charge in [0.05, 0.1) is 18.4 Å². The van der Waals surface area contributed by atoms with Gasteiger partial charge in [0.15, 0.2) is 4.34 Å². The first-order valence-corrected chi connectivity index (χ1v) is 10.6. The standard InChI is InChI=1S/C19H15ClN4O4S2/c1-28-17(27)12-4-8-14(9-5-12)21-15(25)10-29-19-24-23-18(30-19)22-16(26)11-2-6-13(20)7-3-11/h2-9H,10H2,1H3,(H,21,25)(H,22,23,26). The summed E-state index contributed by atoms with van der Waals surface area (Å²) in [5.74, 6) is -0.905. The van der Waals surface area contributed by atoms with Gasteiger partial charge in [0, 0.05) is 16.3 Å². The number of methoxy groups -OCH3 is 1. The van der Waals surface area contributed by atoms with Gasteiger partial charge in [0.2, 0.25) is 11.0 Å². The highest BCUT2D eigenvalue weighted by molar-refractivity contribution is 8.01. The highest BCUT2D eigenvalue weighted by Gasteiger charge is 2.12. The van der Waals surface area contributed by atoms with Crippen LogP contribution in [0.1, 0.15) is 20.7 Å². The van der Waals surface area contributed by atoms with Crippen LogP contribution in [0.2, 0.25) is 5.02 Å². The number of ether oxygens (including phenoxy) is 1. The van der Waals surface area contributed by atoms with Crippen molar-refractivity contribution < 1.29 is 19.1 Å². The molecule has 0 bridgehead atoms. The number of hydrogen-bond acceptors (Lipinski definition) is 8. The van der Waals surface area contributed by atoms with Gasteiger partial charge in [-0.05, 0) is 48.5 Å². The zero-order valence-corrected chi connectivity index (χ0v) is 17.9. The van der Waals surface area contributed by atoms with E-state index in [1.54, 1.807) is 48.5 Å². The van der Waals surface area contributed by atoms with E-state index in [4.69, 9.17) is 11.6 Å². The van der Waals surface area contributed by atoms with Crippen molar-refractivity contribution in [2.45, 2.75) is 4.34 Å². The molecule has 0 saturated carbocycles. The maximum absolute atomic E-state index is 12.2. The molecule has 0 spiro atoms. The SMILES string of the molecule is COC(=O)c1ccc(NC(=O)CSc2nnc(NC(=O)c3ccc(Cl)cc3)s2)cc1. The topological polar surface area (TPSA) is 110 Å². The van der Waals surface area contributed by atoms with Crippen LogP contribution >= 0.6 is 34.7 Å². The van der Waals surface area contributed by atoms with E-state index in [0.717, 1.165) is 0 Å². The number of amides is 2. The van der Waals surface area contributed by atoms with Crippen LogP contribution in [0.5, 0.6) is 0 Å². The maximum atomic E-state index is 12.2. The fraction of sp³-hybridized carbons (Fsp3) is 0.105. The summed E-state index contributed by atoms with van der Waals surface area (Å²) in [5.41, 5.74) is 1.40. The number of rotatable bonds is 7. The minimum Gasteiger partial charge on any atom is -0.465 e. The average molecular weight is 463 g/mol. The monoisotopic (exact) mass is 462 g/mol. The summed E-state index contributed by atoms with van der Waals surface area (Å²) >= 11 is 8.17. The highest BCUT2D eigenvalue weighted by Crippen LogP contribution is 2.26. The average Bonchev–Trinajstić information content (AvgIpc) is 3.20. The van der Waals surface area contributed by atoms with Crippen LogP contribution in [0.15, 0.2) is 52.9 Å². The van der Waals surface area contributed by atoms with E-state index < -0.39 is 5.97 Å². The number of benzene rings is 2. The normalized spacial score (nSPS) is 10.3. The lowest BCUT2D eigenvalue weighted by atomic mass is 10.2. The van der Waals surface area contributed by atoms with Crippen LogP contribution in [-0.4, -0.2) is 40.8 Å². The predicted octanol–water partition coefficient (Wildman–Crippen LogP) is 3.96. The van der Waals surface area contributed by atoms with Gasteiger partial charge in [-0.2, -0.15) is 0 Å². The summed E-state index contributed by atoms with van der Waals surface area (Å²) in [7, 11) is 1.30. The summed E-state index contributed by atoms with van der Waals surface area (Å²) in [6.45, 7) is 0. The van der Waals surface area contributed by atoms with E-state index in [1.807, 2.05) is 0 Å². The fourth-order valence-electron chi connectivity index (χ4n) is 2.22.